The molecule has 0 aromatic carbocycles. The van der Waals surface area contributed by atoms with E-state index in [1.54, 1.807) is 11.6 Å². The van der Waals surface area contributed by atoms with Crippen LogP contribution in [0.4, 0.5) is 0 Å². The Hall–Kier alpha value is -2.34. The highest BCUT2D eigenvalue weighted by Crippen LogP contribution is 2.67. The molecule has 2 heterocycles. The predicted octanol–water partition coefficient (Wildman–Crippen LogP) is 5.04. The van der Waals surface area contributed by atoms with Gasteiger partial charge in [-0.05, 0) is 86.3 Å². The van der Waals surface area contributed by atoms with Crippen LogP contribution in [-0.4, -0.2) is 27.1 Å². The first-order chi connectivity index (χ1) is 15.3. The number of nitrogens with one attached hydrogen (secondary N) is 1. The molecule has 4 aliphatic carbocycles. The third-order valence-corrected chi connectivity index (χ3v) is 9.75. The van der Waals surface area contributed by atoms with Crippen LogP contribution in [0.5, 0.6) is 0 Å². The van der Waals surface area contributed by atoms with Crippen LogP contribution in [0.1, 0.15) is 79.7 Å². The first-order valence-corrected chi connectivity index (χ1v) is 12.0. The lowest BCUT2D eigenvalue weighted by molar-refractivity contribution is -0.246. The van der Waals surface area contributed by atoms with E-state index in [1.165, 1.54) is 17.5 Å². The number of ether oxygens (including phenoxy) is 1. The fraction of sp³-hybridized carbons (Fsp3) is 0.615. The fourth-order valence-electron chi connectivity index (χ4n) is 7.89. The number of carbonyl (C=O) groups is 1. The Bertz CT molecular complexity index is 1110. The number of nitrogens with zero attached hydrogens (tertiary/aromatic N) is 1. The molecule has 2 aromatic rings. The Morgan fingerprint density at radius 2 is 2.06 bits per heavy atom. The molecule has 6 rings (SSSR count). The average Bonchev–Trinajstić information content (AvgIpc) is 3.44. The number of aliphatic hydroxyl groups is 1. The van der Waals surface area contributed by atoms with E-state index in [0.717, 1.165) is 44.1 Å². The van der Waals surface area contributed by atoms with Gasteiger partial charge in [0.15, 0.2) is 0 Å². The maximum absolute atomic E-state index is 12.8. The number of furan rings is 1. The number of hydrogen-bond acceptors (Lipinski definition) is 5. The van der Waals surface area contributed by atoms with Crippen molar-refractivity contribution in [2.24, 2.45) is 28.6 Å². The highest BCUT2D eigenvalue weighted by Gasteiger charge is 2.66. The Morgan fingerprint density at radius 1 is 1.25 bits per heavy atom. The maximum atomic E-state index is 12.8. The lowest BCUT2D eigenvalue weighted by atomic mass is 9.47. The number of rotatable bonds is 2. The van der Waals surface area contributed by atoms with Crippen LogP contribution in [0.15, 0.2) is 28.5 Å². The molecule has 6 nitrogen and oxygen atoms in total. The SMILES string of the molecule is Cc1ccoc1C(=O)OC1(O)CCC2C3CCC4=Cc5[nH]ncc5CC4(C)C3CCC21C. The molecular formula is C26H32N2O4. The summed E-state index contributed by atoms with van der Waals surface area (Å²) in [7, 11) is 0. The normalized spacial score (nSPS) is 40.0. The summed E-state index contributed by atoms with van der Waals surface area (Å²) in [5, 5.41) is 19.1. The fourth-order valence-corrected chi connectivity index (χ4v) is 7.89. The number of hydrogen-bond donors (Lipinski definition) is 2. The van der Waals surface area contributed by atoms with E-state index in [1.807, 2.05) is 13.1 Å². The molecule has 32 heavy (non-hydrogen) atoms. The van der Waals surface area contributed by atoms with E-state index in [2.05, 4.69) is 30.1 Å². The van der Waals surface area contributed by atoms with Crippen molar-refractivity contribution in [1.29, 1.82) is 0 Å². The predicted molar refractivity (Wildman–Crippen MR) is 118 cm³/mol. The summed E-state index contributed by atoms with van der Waals surface area (Å²) in [6.07, 6.45) is 12.4. The van der Waals surface area contributed by atoms with Crippen LogP contribution < -0.4 is 0 Å². The van der Waals surface area contributed by atoms with E-state index >= 15 is 0 Å². The molecule has 4 aliphatic rings. The van der Waals surface area contributed by atoms with Gasteiger partial charge in [-0.3, -0.25) is 5.10 Å². The Labute approximate surface area is 188 Å². The van der Waals surface area contributed by atoms with Crippen LogP contribution in [-0.2, 0) is 11.2 Å². The number of aryl methyl sites for hydroxylation is 1. The lowest BCUT2D eigenvalue weighted by Crippen LogP contribution is -2.56. The second-order valence-corrected chi connectivity index (χ2v) is 11.1. The van der Waals surface area contributed by atoms with Crippen molar-refractivity contribution in [3.8, 4) is 0 Å². The maximum Gasteiger partial charge on any atom is 0.377 e. The summed E-state index contributed by atoms with van der Waals surface area (Å²) in [5.41, 5.74) is 4.48. The minimum Gasteiger partial charge on any atom is -0.457 e. The smallest absolute Gasteiger partial charge is 0.377 e. The van der Waals surface area contributed by atoms with E-state index in [4.69, 9.17) is 9.15 Å². The molecule has 2 N–H and O–H groups in total. The number of carbonyl (C=O) groups excluding carboxylic acids is 1. The van der Waals surface area contributed by atoms with E-state index in [0.29, 0.717) is 24.2 Å². The van der Waals surface area contributed by atoms with Gasteiger partial charge in [0.2, 0.25) is 11.5 Å². The molecule has 170 valence electrons. The third-order valence-electron chi connectivity index (χ3n) is 9.75. The van der Waals surface area contributed by atoms with Gasteiger partial charge < -0.3 is 14.3 Å². The minimum atomic E-state index is -1.44. The van der Waals surface area contributed by atoms with Crippen LogP contribution in [0.25, 0.3) is 6.08 Å². The number of fused-ring (bicyclic) bond motifs is 6. The monoisotopic (exact) mass is 436 g/mol. The Balaban J connectivity index is 1.29. The standard InChI is InChI=1S/C26H32N2O4/c1-15-8-11-31-22(15)23(29)32-26(30)10-7-20-18-5-4-17-12-21-16(14-27-28-21)13-24(17,2)19(18)6-9-25(20,26)3/h8,11-12,14,18-20,30H,4-7,9-10,13H2,1-3H3,(H,27,28). The van der Waals surface area contributed by atoms with E-state index in [-0.39, 0.29) is 11.2 Å². The largest absolute Gasteiger partial charge is 0.457 e. The molecule has 6 unspecified atom stereocenters. The molecule has 0 spiro atoms. The van der Waals surface area contributed by atoms with Gasteiger partial charge >= 0.3 is 5.97 Å². The highest BCUT2D eigenvalue weighted by atomic mass is 16.7. The summed E-state index contributed by atoms with van der Waals surface area (Å²) < 4.78 is 11.2. The van der Waals surface area contributed by atoms with Gasteiger partial charge in [-0.15, -0.1) is 0 Å². The number of allylic oxidation sites excluding steroid dienone is 1. The zero-order valence-corrected chi connectivity index (χ0v) is 19.1. The molecule has 6 atom stereocenters. The first-order valence-electron chi connectivity index (χ1n) is 12.0. The van der Waals surface area contributed by atoms with Crippen molar-refractivity contribution < 1.29 is 19.1 Å². The van der Waals surface area contributed by atoms with Gasteiger partial charge in [0, 0.05) is 17.4 Å². The summed E-state index contributed by atoms with van der Waals surface area (Å²) >= 11 is 0. The van der Waals surface area contributed by atoms with Crippen molar-refractivity contribution in [3.05, 3.63) is 46.7 Å². The van der Waals surface area contributed by atoms with Crippen molar-refractivity contribution in [2.75, 3.05) is 0 Å². The lowest BCUT2D eigenvalue weighted by Gasteiger charge is -2.58. The number of H-pyrrole nitrogens is 1. The molecule has 0 aliphatic heterocycles. The summed E-state index contributed by atoms with van der Waals surface area (Å²) in [4.78, 5) is 12.8. The second kappa shape index (κ2) is 6.60. The molecule has 0 amide bonds. The van der Waals surface area contributed by atoms with Gasteiger partial charge in [-0.2, -0.15) is 5.10 Å². The van der Waals surface area contributed by atoms with Crippen LogP contribution in [0, 0.1) is 35.5 Å². The second-order valence-electron chi connectivity index (χ2n) is 11.1. The van der Waals surface area contributed by atoms with E-state index in [9.17, 15) is 9.90 Å². The van der Waals surface area contributed by atoms with Crippen LogP contribution in [0.3, 0.4) is 0 Å². The molecule has 0 saturated heterocycles. The third kappa shape index (κ3) is 2.56. The average molecular weight is 437 g/mol. The first kappa shape index (κ1) is 20.3. The zero-order valence-electron chi connectivity index (χ0n) is 19.1. The quantitative estimate of drug-likeness (QED) is 0.509. The molecular weight excluding hydrogens is 404 g/mol. The van der Waals surface area contributed by atoms with Crippen molar-refractivity contribution in [1.82, 2.24) is 10.2 Å². The Kier molecular flexibility index (Phi) is 4.18. The molecule has 2 aromatic heterocycles. The van der Waals surface area contributed by atoms with Crippen LogP contribution in [0.2, 0.25) is 0 Å². The number of aromatic amines is 1. The number of aromatic nitrogens is 2. The molecule has 3 saturated carbocycles. The minimum absolute atomic E-state index is 0.143. The number of esters is 1. The van der Waals surface area contributed by atoms with Crippen molar-refractivity contribution in [2.45, 2.75) is 71.5 Å². The van der Waals surface area contributed by atoms with Gasteiger partial charge in [0.1, 0.15) is 0 Å². The summed E-state index contributed by atoms with van der Waals surface area (Å²) in [6, 6.07) is 1.74. The zero-order chi connectivity index (χ0) is 22.3. The molecule has 6 heteroatoms. The highest BCUT2D eigenvalue weighted by molar-refractivity contribution is 5.88. The van der Waals surface area contributed by atoms with Gasteiger partial charge in [0.05, 0.1) is 18.2 Å². The van der Waals surface area contributed by atoms with E-state index < -0.39 is 17.2 Å². The molecule has 3 fully saturated rings. The van der Waals surface area contributed by atoms with Gasteiger partial charge in [-0.25, -0.2) is 4.79 Å². The summed E-state index contributed by atoms with van der Waals surface area (Å²) in [5.74, 6) is -0.352. The Morgan fingerprint density at radius 3 is 2.84 bits per heavy atom. The van der Waals surface area contributed by atoms with Gasteiger partial charge in [-0.1, -0.05) is 19.4 Å². The van der Waals surface area contributed by atoms with Crippen molar-refractivity contribution in [3.63, 3.8) is 0 Å². The molecule has 0 radical (unpaired) electrons. The topological polar surface area (TPSA) is 88.4 Å². The van der Waals surface area contributed by atoms with Crippen LogP contribution >= 0.6 is 0 Å². The molecule has 0 bridgehead atoms. The summed E-state index contributed by atoms with van der Waals surface area (Å²) in [6.45, 7) is 6.40. The van der Waals surface area contributed by atoms with Gasteiger partial charge in [0.25, 0.3) is 0 Å². The van der Waals surface area contributed by atoms with Crippen molar-refractivity contribution >= 4 is 12.0 Å².